The van der Waals surface area contributed by atoms with Gasteiger partial charge in [0.1, 0.15) is 55.9 Å². The van der Waals surface area contributed by atoms with Crippen molar-refractivity contribution in [2.75, 3.05) is 56.0 Å². The molecule has 0 spiro atoms. The summed E-state index contributed by atoms with van der Waals surface area (Å²) in [5.74, 6) is 1.51. The number of carbonyl (C=O) groups excluding carboxylic acids is 5. The molecule has 12 aromatic rings. The maximum absolute atomic E-state index is 12.1. The van der Waals surface area contributed by atoms with Crippen molar-refractivity contribution in [3.63, 3.8) is 0 Å². The molecule has 0 aliphatic heterocycles. The summed E-state index contributed by atoms with van der Waals surface area (Å²) in [6, 6.07) is 15.2. The van der Waals surface area contributed by atoms with E-state index >= 15 is 0 Å². The van der Waals surface area contributed by atoms with Gasteiger partial charge < -0.3 is 50.1 Å². The lowest BCUT2D eigenvalue weighted by molar-refractivity contribution is -0.157. The maximum atomic E-state index is 12.1. The summed E-state index contributed by atoms with van der Waals surface area (Å²) in [6.45, 7) is 5.42. The van der Waals surface area contributed by atoms with E-state index in [0.29, 0.717) is 129 Å². The van der Waals surface area contributed by atoms with E-state index in [9.17, 15) is 28.8 Å². The van der Waals surface area contributed by atoms with Crippen LogP contribution in [0, 0.1) is 17.8 Å². The predicted octanol–water partition coefficient (Wildman–Crippen LogP) is 10.9. The van der Waals surface area contributed by atoms with Crippen molar-refractivity contribution in [3.05, 3.63) is 107 Å². The number of hydrogen-bond acceptors (Lipinski definition) is 23. The minimum absolute atomic E-state index is 0.00000809. The number of hydrogen-bond donors (Lipinski definition) is 8. The number of imidazole rings is 3. The normalized spacial score (nSPS) is 13.5. The number of fused-ring (bicyclic) bond motifs is 3. The van der Waals surface area contributed by atoms with Crippen molar-refractivity contribution in [2.24, 2.45) is 17.8 Å². The molecule has 3 aromatic carbocycles. The fraction of sp³-hybridized carbons (Fsp3) is 0.297. The van der Waals surface area contributed by atoms with Crippen LogP contribution >= 0.6 is 68.8 Å². The topological polar surface area (TPSA) is 395 Å². The number of H-pyrrole nitrogens is 3. The Morgan fingerprint density at radius 1 is 0.545 bits per heavy atom. The average molecular weight is 1490 g/mol. The molecule has 0 radical (unpaired) electrons. The second kappa shape index (κ2) is 29.8. The Balaban J connectivity index is 0.000000136. The van der Waals surface area contributed by atoms with Crippen LogP contribution in [0.3, 0.4) is 0 Å². The zero-order valence-corrected chi connectivity index (χ0v) is 58.6. The number of carboxylic acid groups (broad SMARTS) is 1. The first-order valence-corrected chi connectivity index (χ1v) is 34.8. The molecule has 0 unspecified atom stereocenters. The second-order valence-corrected chi connectivity index (χ2v) is 28.3. The summed E-state index contributed by atoms with van der Waals surface area (Å²) in [5.41, 5.74) is 5.32. The molecule has 3 fully saturated rings. The Morgan fingerprint density at radius 3 is 1.23 bits per heavy atom. The molecule has 31 nitrogen and oxygen atoms in total. The third-order valence-corrected chi connectivity index (χ3v) is 19.1. The number of methoxy groups -OCH3 is 1. The lowest BCUT2D eigenvalue weighted by Crippen LogP contribution is -2.31. The van der Waals surface area contributed by atoms with Crippen molar-refractivity contribution in [1.29, 1.82) is 0 Å². The van der Waals surface area contributed by atoms with Gasteiger partial charge in [-0.15, -0.1) is 0 Å². The van der Waals surface area contributed by atoms with Gasteiger partial charge in [-0.1, -0.05) is 68.8 Å². The summed E-state index contributed by atoms with van der Waals surface area (Å²) in [7, 11) is 1.57. The SMILES string of the molecule is CC(C)(C)OC(=O)COc1ccc(-c2cncn2-c2n[nH]c3nc(NC(=O)C4CC4)sc23)c(Cl)c1.COCCNC(=O)COc1ccc(-c2cncn2-c2n[nH]c3nc(NC(=O)C4CC4)sc23)c(Cl)c1.O=C(O)COc1ccc(-c2cncn2-c2n[nH]c3nc(NC(=O)C4CC4)sc23)c(Cl)c1. The number of aromatic amines is 3. The van der Waals surface area contributed by atoms with Crippen molar-refractivity contribution < 1.29 is 57.6 Å². The number of rotatable bonds is 24. The van der Waals surface area contributed by atoms with Crippen molar-refractivity contribution in [1.82, 2.24) is 79.5 Å². The minimum Gasteiger partial charge on any atom is -0.484 e. The number of benzene rings is 3. The molecule has 0 atom stereocenters. The van der Waals surface area contributed by atoms with Crippen LogP contribution in [0.15, 0.2) is 92.2 Å². The molecule has 9 heterocycles. The van der Waals surface area contributed by atoms with Gasteiger partial charge in [-0.25, -0.2) is 39.5 Å². The molecule has 0 saturated heterocycles. The van der Waals surface area contributed by atoms with Crippen molar-refractivity contribution >= 4 is 151 Å². The summed E-state index contributed by atoms with van der Waals surface area (Å²) < 4.78 is 34.1. The maximum Gasteiger partial charge on any atom is 0.344 e. The van der Waals surface area contributed by atoms with Crippen LogP contribution in [0.25, 0.3) is 82.3 Å². The molecule has 15 rings (SSSR count). The Bertz CT molecular complexity index is 5090. The number of halogens is 3. The molecule has 4 amide bonds. The number of anilines is 3. The number of thiazole rings is 3. The molecule has 522 valence electrons. The van der Waals surface area contributed by atoms with Crippen LogP contribution in [0.5, 0.6) is 17.2 Å². The van der Waals surface area contributed by atoms with Crippen LogP contribution in [0.4, 0.5) is 15.4 Å². The number of carbonyl (C=O) groups is 6. The quantitative estimate of drug-likeness (QED) is 0.0206. The lowest BCUT2D eigenvalue weighted by Gasteiger charge is -2.19. The number of amides is 4. The highest BCUT2D eigenvalue weighted by Gasteiger charge is 2.33. The molecule has 3 saturated carbocycles. The van der Waals surface area contributed by atoms with Crippen molar-refractivity contribution in [3.8, 4) is 68.5 Å². The van der Waals surface area contributed by atoms with E-state index in [1.807, 2.05) is 0 Å². The van der Waals surface area contributed by atoms with Gasteiger partial charge in [0.25, 0.3) is 5.91 Å². The monoisotopic (exact) mass is 1490 g/mol. The Hall–Kier alpha value is -10.4. The van der Waals surface area contributed by atoms with Gasteiger partial charge in [0.05, 0.1) is 57.3 Å². The van der Waals surface area contributed by atoms with Crippen LogP contribution < -0.4 is 35.5 Å². The van der Waals surface area contributed by atoms with Crippen molar-refractivity contribution in [2.45, 2.75) is 64.9 Å². The summed E-state index contributed by atoms with van der Waals surface area (Å²) >= 11 is 23.6. The number of carboxylic acids is 1. The smallest absolute Gasteiger partial charge is 0.344 e. The third kappa shape index (κ3) is 16.6. The Labute approximate surface area is 598 Å². The molecular weight excluding hydrogens is 1430 g/mol. The van der Waals surface area contributed by atoms with E-state index in [1.54, 1.807) is 134 Å². The fourth-order valence-corrected chi connectivity index (χ4v) is 13.5. The lowest BCUT2D eigenvalue weighted by atomic mass is 10.1. The van der Waals surface area contributed by atoms with E-state index in [2.05, 4.69) is 81.8 Å². The highest BCUT2D eigenvalue weighted by molar-refractivity contribution is 7.23. The van der Waals surface area contributed by atoms with E-state index in [-0.39, 0.29) is 54.6 Å². The standard InChI is InChI=1S/C23H23ClN6O4S.C22H22ClN7O4S.C19H15ClN6O4S/c1-23(2,3)34-17(31)10-33-13-6-7-14(15(24)8-13)16-9-25-11-30(16)20-18-19(28-29-20)26-22(35-18)27-21(32)12-4-5-12;1-33-7-6-25-17(31)10-34-13-4-5-14(15(23)8-13)16-9-24-11-30(16)20-18-19(28-29-20)26-22(35-18)27-21(32)12-2-3-12;20-12-5-10(30-7-14(27)28)3-4-11(12)13-6-21-8-26(13)17-15-16(24-25-17)22-19(31-15)23-18(29)9-1-2-9/h6-9,11-12H,4-5,10H2,1-3H3,(H2,26,27,28,29,32);4-5,8-9,11-12H,2-3,6-7,10H2,1H3,(H,25,31)(H2,26,27,28,29,32);3-6,8-9H,1-2,7H2,(H,27,28)(H2,22,23,24,25,29). The van der Waals surface area contributed by atoms with Gasteiger partial charge in [0, 0.05) is 48.1 Å². The number of aromatic nitrogens is 15. The molecule has 101 heavy (non-hydrogen) atoms. The first-order valence-electron chi connectivity index (χ1n) is 31.2. The largest absolute Gasteiger partial charge is 0.484 e. The highest BCUT2D eigenvalue weighted by Crippen LogP contribution is 2.41. The molecule has 37 heteroatoms. The Kier molecular flexibility index (Phi) is 20.4. The molecule has 8 N–H and O–H groups in total. The molecular formula is C64H60Cl3N19O12S3. The molecule has 3 aliphatic carbocycles. The van der Waals surface area contributed by atoms with Gasteiger partial charge in [0.15, 0.2) is 69.6 Å². The van der Waals surface area contributed by atoms with Gasteiger partial charge in [-0.05, 0) is 114 Å². The summed E-state index contributed by atoms with van der Waals surface area (Å²) in [6.07, 6.45) is 15.4. The summed E-state index contributed by atoms with van der Waals surface area (Å²) in [5, 5.41) is 44.7. The van der Waals surface area contributed by atoms with Gasteiger partial charge >= 0.3 is 11.9 Å². The zero-order chi connectivity index (χ0) is 70.6. The van der Waals surface area contributed by atoms with Gasteiger partial charge in [0.2, 0.25) is 17.7 Å². The molecule has 0 bridgehead atoms. The second-order valence-electron chi connectivity index (χ2n) is 24.1. The Morgan fingerprint density at radius 2 is 0.901 bits per heavy atom. The molecule has 9 aromatic heterocycles. The number of ether oxygens (including phenoxy) is 5. The number of aliphatic carboxylic acids is 1. The van der Waals surface area contributed by atoms with E-state index < -0.39 is 24.1 Å². The van der Waals surface area contributed by atoms with E-state index in [1.165, 1.54) is 34.0 Å². The van der Waals surface area contributed by atoms with Crippen LogP contribution in [-0.2, 0) is 38.2 Å². The third-order valence-electron chi connectivity index (χ3n) is 15.2. The van der Waals surface area contributed by atoms with E-state index in [0.717, 1.165) is 52.6 Å². The number of nitrogens with one attached hydrogen (secondary N) is 7. The molecule has 3 aliphatic rings. The predicted molar refractivity (Wildman–Crippen MR) is 377 cm³/mol. The first kappa shape index (κ1) is 69.1. The highest BCUT2D eigenvalue weighted by atomic mass is 35.5. The van der Waals surface area contributed by atoms with Gasteiger partial charge in [-0.3, -0.25) is 48.2 Å². The summed E-state index contributed by atoms with van der Waals surface area (Å²) in [4.78, 5) is 96.7. The minimum atomic E-state index is -1.07. The first-order chi connectivity index (χ1) is 48.7. The van der Waals surface area contributed by atoms with Gasteiger partial charge in [-0.2, -0.15) is 15.3 Å². The zero-order valence-electron chi connectivity index (χ0n) is 53.8. The van der Waals surface area contributed by atoms with Crippen LogP contribution in [0.1, 0.15) is 59.3 Å². The van der Waals surface area contributed by atoms with Crippen LogP contribution in [-0.4, -0.2) is 161 Å². The van der Waals surface area contributed by atoms with E-state index in [4.69, 9.17) is 63.6 Å². The van der Waals surface area contributed by atoms with Crippen LogP contribution in [0.2, 0.25) is 15.1 Å². The fourth-order valence-electron chi connectivity index (χ4n) is 9.94. The average Bonchev–Trinajstić information content (AvgIpc) is 1.64. The number of nitrogens with zero attached hydrogens (tertiary/aromatic N) is 12. The number of esters is 1.